The van der Waals surface area contributed by atoms with Crippen LogP contribution >= 0.6 is 0 Å². The normalized spacial score (nSPS) is 12.7. The third kappa shape index (κ3) is 6.13. The maximum absolute atomic E-state index is 10.8. The summed E-state index contributed by atoms with van der Waals surface area (Å²) in [4.78, 5) is 17.6. The zero-order valence-electron chi connectivity index (χ0n) is 20.8. The number of nitrogens with zero attached hydrogens (tertiary/aromatic N) is 2. The Balaban J connectivity index is 1.37. The molecule has 1 heterocycles. The van der Waals surface area contributed by atoms with Gasteiger partial charge in [0, 0.05) is 43.8 Å². The maximum atomic E-state index is 10.8. The van der Waals surface area contributed by atoms with Gasteiger partial charge in [0.2, 0.25) is 5.89 Å². The summed E-state index contributed by atoms with van der Waals surface area (Å²) < 4.78 is 12.2. The van der Waals surface area contributed by atoms with Crippen LogP contribution in [0.2, 0.25) is 0 Å². The fourth-order valence-electron chi connectivity index (χ4n) is 4.53. The number of hydrogen-bond donors (Lipinski definition) is 1. The van der Waals surface area contributed by atoms with Crippen LogP contribution in [0.5, 0.6) is 5.75 Å². The van der Waals surface area contributed by atoms with Gasteiger partial charge >= 0.3 is 5.97 Å². The Kier molecular flexibility index (Phi) is 7.91. The molecule has 35 heavy (non-hydrogen) atoms. The van der Waals surface area contributed by atoms with E-state index in [4.69, 9.17) is 19.2 Å². The summed E-state index contributed by atoms with van der Waals surface area (Å²) in [6.07, 6.45) is 7.63. The van der Waals surface area contributed by atoms with Crippen molar-refractivity contribution < 1.29 is 19.1 Å². The minimum atomic E-state index is -0.726. The van der Waals surface area contributed by atoms with Crippen LogP contribution < -0.4 is 9.64 Å². The van der Waals surface area contributed by atoms with E-state index in [9.17, 15) is 4.79 Å². The second-order valence-corrected chi connectivity index (χ2v) is 9.21. The first-order valence-corrected chi connectivity index (χ1v) is 12.3. The second-order valence-electron chi connectivity index (χ2n) is 9.21. The second kappa shape index (κ2) is 11.3. The summed E-state index contributed by atoms with van der Waals surface area (Å²) >= 11 is 0. The first kappa shape index (κ1) is 24.6. The molecule has 0 atom stereocenters. The molecule has 6 heteroatoms. The number of allylic oxidation sites excluding steroid dienone is 2. The van der Waals surface area contributed by atoms with Crippen LogP contribution in [0.15, 0.2) is 53.0 Å². The van der Waals surface area contributed by atoms with Crippen LogP contribution in [-0.2, 0) is 17.6 Å². The molecule has 0 fully saturated rings. The Morgan fingerprint density at radius 1 is 1.11 bits per heavy atom. The van der Waals surface area contributed by atoms with E-state index in [0.717, 1.165) is 54.1 Å². The highest BCUT2D eigenvalue weighted by Crippen LogP contribution is 2.35. The molecule has 1 aliphatic rings. The van der Waals surface area contributed by atoms with Gasteiger partial charge in [-0.2, -0.15) is 0 Å². The summed E-state index contributed by atoms with van der Waals surface area (Å²) in [7, 11) is 4.04. The number of carbonyl (C=O) groups is 1. The van der Waals surface area contributed by atoms with Gasteiger partial charge in [-0.1, -0.05) is 18.2 Å². The van der Waals surface area contributed by atoms with Crippen molar-refractivity contribution in [2.24, 2.45) is 0 Å². The van der Waals surface area contributed by atoms with Gasteiger partial charge in [-0.05, 0) is 80.5 Å². The van der Waals surface area contributed by atoms with Crippen LogP contribution in [0.3, 0.4) is 0 Å². The van der Waals surface area contributed by atoms with Gasteiger partial charge in [0.05, 0.1) is 12.3 Å². The highest BCUT2D eigenvalue weighted by Gasteiger charge is 2.17. The predicted octanol–water partition coefficient (Wildman–Crippen LogP) is 6.31. The van der Waals surface area contributed by atoms with Crippen molar-refractivity contribution in [3.8, 4) is 17.2 Å². The third-order valence-electron chi connectivity index (χ3n) is 6.47. The van der Waals surface area contributed by atoms with Crippen molar-refractivity contribution >= 4 is 17.2 Å². The molecule has 0 unspecified atom stereocenters. The molecule has 0 amide bonds. The molecule has 6 nitrogen and oxygen atoms in total. The first-order valence-electron chi connectivity index (χ1n) is 12.3. The van der Waals surface area contributed by atoms with Crippen molar-refractivity contribution in [2.45, 2.75) is 51.9 Å². The fraction of sp³-hybridized carbons (Fsp3) is 0.379. The molecule has 0 saturated heterocycles. The number of rotatable bonds is 11. The molecule has 0 saturated carbocycles. The number of fused-ring (bicyclic) bond motifs is 1. The van der Waals surface area contributed by atoms with Crippen molar-refractivity contribution in [1.82, 2.24) is 4.98 Å². The first-order chi connectivity index (χ1) is 16.9. The quantitative estimate of drug-likeness (QED) is 0.328. The number of oxazole rings is 1. The van der Waals surface area contributed by atoms with E-state index in [1.54, 1.807) is 0 Å². The van der Waals surface area contributed by atoms with Crippen LogP contribution in [0.1, 0.15) is 54.7 Å². The summed E-state index contributed by atoms with van der Waals surface area (Å²) in [5.41, 5.74) is 6.81. The molecule has 1 aromatic heterocycles. The van der Waals surface area contributed by atoms with Gasteiger partial charge in [-0.25, -0.2) is 4.98 Å². The Hall–Kier alpha value is -3.54. The fourth-order valence-corrected chi connectivity index (χ4v) is 4.53. The number of carboxylic acids is 1. The van der Waals surface area contributed by atoms with Gasteiger partial charge in [-0.15, -0.1) is 0 Å². The molecule has 0 bridgehead atoms. The number of hydrogen-bond acceptors (Lipinski definition) is 5. The molecule has 0 spiro atoms. The number of aryl methyl sites for hydroxylation is 1. The Morgan fingerprint density at radius 3 is 2.66 bits per heavy atom. The molecule has 1 aliphatic carbocycles. The average molecular weight is 475 g/mol. The Morgan fingerprint density at radius 2 is 1.91 bits per heavy atom. The number of carboxylic acid groups (broad SMARTS) is 1. The van der Waals surface area contributed by atoms with Crippen molar-refractivity contribution in [3.63, 3.8) is 0 Å². The van der Waals surface area contributed by atoms with Crippen LogP contribution in [0.4, 0.5) is 5.69 Å². The van der Waals surface area contributed by atoms with E-state index in [1.807, 2.05) is 45.3 Å². The van der Waals surface area contributed by atoms with E-state index in [2.05, 4.69) is 29.2 Å². The number of benzene rings is 2. The largest absolute Gasteiger partial charge is 0.493 e. The molecule has 3 aromatic rings. The van der Waals surface area contributed by atoms with Gasteiger partial charge in [0.1, 0.15) is 11.5 Å². The third-order valence-corrected chi connectivity index (χ3v) is 6.47. The number of aromatic nitrogens is 1. The topological polar surface area (TPSA) is 75.8 Å². The van der Waals surface area contributed by atoms with Crippen LogP contribution in [-0.4, -0.2) is 36.8 Å². The lowest BCUT2D eigenvalue weighted by atomic mass is 9.87. The molecule has 2 aromatic carbocycles. The van der Waals surface area contributed by atoms with E-state index in [-0.39, 0.29) is 6.42 Å². The van der Waals surface area contributed by atoms with E-state index in [1.165, 1.54) is 16.7 Å². The maximum Gasteiger partial charge on any atom is 0.303 e. The molecule has 184 valence electrons. The summed E-state index contributed by atoms with van der Waals surface area (Å²) in [6, 6.07) is 14.4. The van der Waals surface area contributed by atoms with Crippen molar-refractivity contribution in [3.05, 3.63) is 71.1 Å². The van der Waals surface area contributed by atoms with Crippen molar-refractivity contribution in [2.75, 3.05) is 25.6 Å². The van der Waals surface area contributed by atoms with Crippen LogP contribution in [0, 0.1) is 6.92 Å². The summed E-state index contributed by atoms with van der Waals surface area (Å²) in [6.45, 7) is 2.48. The molecular formula is C29H34N2O4. The monoisotopic (exact) mass is 474 g/mol. The minimum Gasteiger partial charge on any atom is -0.493 e. The zero-order valence-corrected chi connectivity index (χ0v) is 20.8. The van der Waals surface area contributed by atoms with Gasteiger partial charge in [0.15, 0.2) is 0 Å². The van der Waals surface area contributed by atoms with Gasteiger partial charge in [-0.3, -0.25) is 4.79 Å². The summed E-state index contributed by atoms with van der Waals surface area (Å²) in [5.74, 6) is 1.66. The van der Waals surface area contributed by atoms with E-state index >= 15 is 0 Å². The van der Waals surface area contributed by atoms with E-state index < -0.39 is 5.97 Å². The summed E-state index contributed by atoms with van der Waals surface area (Å²) in [5, 5.41) is 8.87. The highest BCUT2D eigenvalue weighted by atomic mass is 16.5. The number of ether oxygens (including phenoxy) is 1. The lowest BCUT2D eigenvalue weighted by Crippen LogP contribution is -2.08. The Labute approximate surface area is 207 Å². The molecular weight excluding hydrogens is 440 g/mol. The van der Waals surface area contributed by atoms with Crippen LogP contribution in [0.25, 0.3) is 17.0 Å². The standard InChI is InChI=1S/C29H34N2O4/c1-20-26(30-29(35-20)22-14-16-23(17-15-22)31(2)3)18-19-34-27-12-7-10-24-21(9-6-11-25(24)27)8-4-5-13-28(32)33/h7,9-10,12,14-17H,4-6,8,11,13,18-19H2,1-3H3,(H,32,33). The number of aliphatic carboxylic acids is 1. The number of anilines is 1. The number of unbranched alkanes of at least 4 members (excludes halogenated alkanes) is 1. The lowest BCUT2D eigenvalue weighted by Gasteiger charge is -2.21. The van der Waals surface area contributed by atoms with Gasteiger partial charge < -0.3 is 19.2 Å². The van der Waals surface area contributed by atoms with Gasteiger partial charge in [0.25, 0.3) is 0 Å². The predicted molar refractivity (Wildman–Crippen MR) is 139 cm³/mol. The van der Waals surface area contributed by atoms with Crippen molar-refractivity contribution in [1.29, 1.82) is 0 Å². The zero-order chi connectivity index (χ0) is 24.8. The van der Waals surface area contributed by atoms with E-state index in [0.29, 0.717) is 25.3 Å². The lowest BCUT2D eigenvalue weighted by molar-refractivity contribution is -0.137. The Bertz CT molecular complexity index is 1190. The highest BCUT2D eigenvalue weighted by molar-refractivity contribution is 5.72. The smallest absolute Gasteiger partial charge is 0.303 e. The molecule has 0 radical (unpaired) electrons. The molecule has 4 rings (SSSR count). The SMILES string of the molecule is Cc1oc(-c2ccc(N(C)C)cc2)nc1CCOc1cccc2c1CCC=C2CCCCC(=O)O. The molecule has 0 aliphatic heterocycles. The average Bonchev–Trinajstić information content (AvgIpc) is 3.22. The molecule has 1 N–H and O–H groups in total. The minimum absolute atomic E-state index is 0.230.